The fourth-order valence-electron chi connectivity index (χ4n) is 3.34. The van der Waals surface area contributed by atoms with E-state index in [9.17, 15) is 18.7 Å². The van der Waals surface area contributed by atoms with Crippen LogP contribution in [0, 0.1) is 0 Å². The summed E-state index contributed by atoms with van der Waals surface area (Å²) in [7, 11) is 0. The second-order valence-electron chi connectivity index (χ2n) is 6.74. The maximum atomic E-state index is 13.2. The Kier molecular flexibility index (Phi) is 4.95. The van der Waals surface area contributed by atoms with Crippen LogP contribution < -0.4 is 5.32 Å². The van der Waals surface area contributed by atoms with Gasteiger partial charge in [0.05, 0.1) is 23.4 Å². The van der Waals surface area contributed by atoms with E-state index >= 15 is 0 Å². The number of pyridine rings is 1. The van der Waals surface area contributed by atoms with Gasteiger partial charge in [0.2, 0.25) is 0 Å². The molecule has 10 heteroatoms. The molecule has 1 aliphatic rings. The lowest BCUT2D eigenvalue weighted by atomic mass is 9.93. The molecule has 0 radical (unpaired) electrons. The van der Waals surface area contributed by atoms with Gasteiger partial charge >= 0.3 is 0 Å². The first kappa shape index (κ1) is 18.4. The Morgan fingerprint density at radius 1 is 1.18 bits per heavy atom. The fourth-order valence-corrected chi connectivity index (χ4v) is 3.34. The first-order valence-electron chi connectivity index (χ1n) is 8.95. The summed E-state index contributed by atoms with van der Waals surface area (Å²) in [6.07, 6.45) is 5.21. The number of rotatable bonds is 4. The molecule has 3 aromatic heterocycles. The van der Waals surface area contributed by atoms with Gasteiger partial charge < -0.3 is 10.4 Å². The Morgan fingerprint density at radius 2 is 1.89 bits per heavy atom. The monoisotopic (exact) mass is 388 g/mol. The third kappa shape index (κ3) is 3.55. The molecule has 28 heavy (non-hydrogen) atoms. The lowest BCUT2D eigenvalue weighted by molar-refractivity contribution is 0.0867. The summed E-state index contributed by atoms with van der Waals surface area (Å²) in [5.74, 6) is -0.240. The van der Waals surface area contributed by atoms with Crippen LogP contribution in [-0.2, 0) is 0 Å². The Balaban J connectivity index is 1.55. The van der Waals surface area contributed by atoms with Gasteiger partial charge in [0, 0.05) is 30.0 Å². The highest BCUT2D eigenvalue weighted by atomic mass is 19.3. The summed E-state index contributed by atoms with van der Waals surface area (Å²) in [4.78, 5) is 24.5. The molecule has 0 bridgehead atoms. The zero-order chi connectivity index (χ0) is 19.7. The molecular weight excluding hydrogens is 370 g/mol. The third-order valence-electron chi connectivity index (χ3n) is 4.84. The summed E-state index contributed by atoms with van der Waals surface area (Å²) in [6, 6.07) is 1.47. The zero-order valence-corrected chi connectivity index (χ0v) is 14.8. The molecule has 0 saturated heterocycles. The third-order valence-corrected chi connectivity index (χ3v) is 4.84. The average Bonchev–Trinajstić information content (AvgIpc) is 3.10. The normalized spacial score (nSPS) is 19.9. The summed E-state index contributed by atoms with van der Waals surface area (Å²) < 4.78 is 27.7. The molecule has 0 unspecified atom stereocenters. The van der Waals surface area contributed by atoms with Gasteiger partial charge in [-0.15, -0.1) is 0 Å². The van der Waals surface area contributed by atoms with Crippen LogP contribution in [0.2, 0.25) is 0 Å². The number of aliphatic hydroxyl groups is 1. The Morgan fingerprint density at radius 3 is 2.57 bits per heavy atom. The number of amides is 1. The number of hydrogen-bond acceptors (Lipinski definition) is 6. The van der Waals surface area contributed by atoms with E-state index in [0.29, 0.717) is 31.2 Å². The minimum atomic E-state index is -2.75. The van der Waals surface area contributed by atoms with E-state index < -0.39 is 6.43 Å². The molecule has 146 valence electrons. The molecule has 0 atom stereocenters. The van der Waals surface area contributed by atoms with E-state index in [1.165, 1.54) is 35.5 Å². The van der Waals surface area contributed by atoms with Crippen LogP contribution in [0.1, 0.15) is 48.2 Å². The van der Waals surface area contributed by atoms with Gasteiger partial charge in [0.25, 0.3) is 18.3 Å². The highest BCUT2D eigenvalue weighted by Crippen LogP contribution is 2.27. The van der Waals surface area contributed by atoms with Gasteiger partial charge in [0.1, 0.15) is 5.69 Å². The number of halogens is 2. The second-order valence-corrected chi connectivity index (χ2v) is 6.74. The first-order valence-corrected chi connectivity index (χ1v) is 8.95. The minimum absolute atomic E-state index is 0.00492. The summed E-state index contributed by atoms with van der Waals surface area (Å²) in [5, 5.41) is 16.6. The van der Waals surface area contributed by atoms with Crippen LogP contribution in [0.3, 0.4) is 0 Å². The number of nitrogens with one attached hydrogen (secondary N) is 1. The number of carbonyl (C=O) groups is 1. The number of fused-ring (bicyclic) bond motifs is 1. The summed E-state index contributed by atoms with van der Waals surface area (Å²) >= 11 is 0. The predicted octanol–water partition coefficient (Wildman–Crippen LogP) is 2.18. The summed E-state index contributed by atoms with van der Waals surface area (Å²) in [6.45, 7) is 0. The van der Waals surface area contributed by atoms with Crippen molar-refractivity contribution in [2.45, 2.75) is 44.3 Å². The van der Waals surface area contributed by atoms with Gasteiger partial charge in [-0.05, 0) is 31.7 Å². The number of alkyl halides is 2. The van der Waals surface area contributed by atoms with Gasteiger partial charge in [-0.1, -0.05) is 0 Å². The topological polar surface area (TPSA) is 106 Å². The van der Waals surface area contributed by atoms with Crippen LogP contribution in [-0.4, -0.2) is 47.9 Å². The van der Waals surface area contributed by atoms with E-state index in [1.807, 2.05) is 0 Å². The maximum Gasteiger partial charge on any atom is 0.282 e. The van der Waals surface area contributed by atoms with E-state index in [1.54, 1.807) is 0 Å². The Labute approximate surface area is 158 Å². The van der Waals surface area contributed by atoms with Crippen molar-refractivity contribution in [1.29, 1.82) is 0 Å². The molecule has 1 aliphatic carbocycles. The number of hydrogen-bond donors (Lipinski definition) is 2. The van der Waals surface area contributed by atoms with Crippen LogP contribution in [0.5, 0.6) is 0 Å². The molecule has 8 nitrogen and oxygen atoms in total. The van der Waals surface area contributed by atoms with Gasteiger partial charge in [0.15, 0.2) is 0 Å². The number of aromatic nitrogens is 5. The lowest BCUT2D eigenvalue weighted by Crippen LogP contribution is -2.38. The SMILES string of the molecule is O=C(NC1CCC(O)CC1)c1cnc(-n2nc(C(F)F)c3ccncc32)nc1. The molecule has 4 rings (SSSR count). The van der Waals surface area contributed by atoms with Crippen LogP contribution >= 0.6 is 0 Å². The molecule has 0 aromatic carbocycles. The highest BCUT2D eigenvalue weighted by molar-refractivity contribution is 5.93. The van der Waals surface area contributed by atoms with Gasteiger partial charge in [-0.3, -0.25) is 9.78 Å². The Bertz CT molecular complexity index is 983. The van der Waals surface area contributed by atoms with Crippen LogP contribution in [0.15, 0.2) is 30.9 Å². The second kappa shape index (κ2) is 7.55. The van der Waals surface area contributed by atoms with Crippen LogP contribution in [0.4, 0.5) is 8.78 Å². The zero-order valence-electron chi connectivity index (χ0n) is 14.8. The van der Waals surface area contributed by atoms with Crippen molar-refractivity contribution in [3.63, 3.8) is 0 Å². The van der Waals surface area contributed by atoms with Crippen molar-refractivity contribution >= 4 is 16.8 Å². The smallest absolute Gasteiger partial charge is 0.282 e. The largest absolute Gasteiger partial charge is 0.393 e. The minimum Gasteiger partial charge on any atom is -0.393 e. The quantitative estimate of drug-likeness (QED) is 0.710. The van der Waals surface area contributed by atoms with Crippen molar-refractivity contribution in [2.75, 3.05) is 0 Å². The molecule has 3 heterocycles. The van der Waals surface area contributed by atoms with Gasteiger partial charge in [-0.2, -0.15) is 9.78 Å². The molecule has 0 aliphatic heterocycles. The van der Waals surface area contributed by atoms with E-state index in [0.717, 1.165) is 0 Å². The van der Waals surface area contributed by atoms with Crippen molar-refractivity contribution in [3.8, 4) is 5.95 Å². The van der Waals surface area contributed by atoms with Crippen molar-refractivity contribution in [3.05, 3.63) is 42.1 Å². The van der Waals surface area contributed by atoms with Gasteiger partial charge in [-0.25, -0.2) is 18.7 Å². The number of carbonyl (C=O) groups excluding carboxylic acids is 1. The van der Waals surface area contributed by atoms with Crippen molar-refractivity contribution in [2.24, 2.45) is 0 Å². The highest BCUT2D eigenvalue weighted by Gasteiger charge is 2.23. The summed E-state index contributed by atoms with van der Waals surface area (Å²) in [5.41, 5.74) is 0.247. The lowest BCUT2D eigenvalue weighted by Gasteiger charge is -2.26. The first-order chi connectivity index (χ1) is 13.5. The maximum absolute atomic E-state index is 13.2. The fraction of sp³-hybridized carbons (Fsp3) is 0.389. The standard InChI is InChI=1S/C18H18F2N6O2/c19-16(20)15-13-5-6-21-9-14(13)26(25-15)18-22-7-10(8-23-18)17(28)24-11-1-3-12(27)4-2-11/h5-9,11-12,16,27H,1-4H2,(H,24,28). The molecule has 1 saturated carbocycles. The molecule has 1 fully saturated rings. The number of aliphatic hydroxyl groups excluding tert-OH is 1. The van der Waals surface area contributed by atoms with E-state index in [2.05, 4.69) is 25.4 Å². The molecule has 3 aromatic rings. The molecular formula is C18H18F2N6O2. The van der Waals surface area contributed by atoms with E-state index in [4.69, 9.17) is 0 Å². The van der Waals surface area contributed by atoms with E-state index in [-0.39, 0.29) is 40.6 Å². The Hall–Kier alpha value is -3.01. The average molecular weight is 388 g/mol. The molecule has 2 N–H and O–H groups in total. The van der Waals surface area contributed by atoms with Crippen molar-refractivity contribution < 1.29 is 18.7 Å². The van der Waals surface area contributed by atoms with Crippen molar-refractivity contribution in [1.82, 2.24) is 30.0 Å². The molecule has 0 spiro atoms. The molecule has 1 amide bonds. The predicted molar refractivity (Wildman–Crippen MR) is 95.1 cm³/mol. The number of nitrogens with zero attached hydrogens (tertiary/aromatic N) is 5. The van der Waals surface area contributed by atoms with Crippen LogP contribution in [0.25, 0.3) is 16.9 Å².